The number of halogens is 2. The molecule has 34 heavy (non-hydrogen) atoms. The van der Waals surface area contributed by atoms with Gasteiger partial charge in [-0.1, -0.05) is 57.5 Å². The summed E-state index contributed by atoms with van der Waals surface area (Å²) in [5, 5.41) is 16.5. The van der Waals surface area contributed by atoms with Gasteiger partial charge in [0.15, 0.2) is 0 Å². The van der Waals surface area contributed by atoms with Crippen LogP contribution in [0.2, 0.25) is 0 Å². The van der Waals surface area contributed by atoms with Crippen molar-refractivity contribution in [2.75, 3.05) is 6.61 Å². The summed E-state index contributed by atoms with van der Waals surface area (Å²) in [4.78, 5) is 29.2. The Kier molecular flexibility index (Phi) is 7.33. The summed E-state index contributed by atoms with van der Waals surface area (Å²) in [5.74, 6) is 0.629. The van der Waals surface area contributed by atoms with Gasteiger partial charge in [-0.3, -0.25) is 14.9 Å². The Morgan fingerprint density at radius 2 is 1.82 bits per heavy atom. The molecule has 0 aliphatic heterocycles. The second kappa shape index (κ2) is 9.58. The van der Waals surface area contributed by atoms with E-state index in [1.807, 2.05) is 47.6 Å². The number of nitrogens with zero attached hydrogens (tertiary/aromatic N) is 4. The molecule has 0 atom stereocenters. The first-order valence-electron chi connectivity index (χ1n) is 10.6. The average molecular weight is 594 g/mol. The van der Waals surface area contributed by atoms with Crippen molar-refractivity contribution in [3.63, 3.8) is 0 Å². The van der Waals surface area contributed by atoms with E-state index >= 15 is 0 Å². The maximum atomic E-state index is 13.3. The number of benzene rings is 2. The van der Waals surface area contributed by atoms with E-state index in [2.05, 4.69) is 41.9 Å². The Labute approximate surface area is 214 Å². The zero-order valence-electron chi connectivity index (χ0n) is 19.8. The van der Waals surface area contributed by atoms with Gasteiger partial charge in [0.1, 0.15) is 5.82 Å². The Morgan fingerprint density at radius 3 is 2.41 bits per heavy atom. The van der Waals surface area contributed by atoms with E-state index in [9.17, 15) is 14.9 Å². The summed E-state index contributed by atoms with van der Waals surface area (Å²) in [5.41, 5.74) is -0.160. The van der Waals surface area contributed by atoms with Gasteiger partial charge >= 0.3 is 5.69 Å². The molecule has 0 radical (unpaired) electrons. The molecule has 0 spiro atoms. The fraction of sp³-hybridized carbons (Fsp3) is 0.375. The lowest BCUT2D eigenvalue weighted by atomic mass is 9.95. The topological polar surface area (TPSA) is 99.6 Å². The standard InChI is InChI=1S/C24H26Br2N4O4/c1-23(2,3)13-34-20-17(26)9-14(10-19(20)30(32)33)12-27-29-21(31)16-11-15(25)7-8-18(16)28-22(29)24(4,5)6/h7-12H,13H2,1-6H3. The maximum Gasteiger partial charge on any atom is 0.312 e. The SMILES string of the molecule is CC(C)(C)COc1c(Br)cc(C=Nn2c(C(C)(C)C)nc3ccc(Br)cc3c2=O)cc1[N+](=O)[O-]. The van der Waals surface area contributed by atoms with Crippen molar-refractivity contribution in [3.8, 4) is 5.75 Å². The minimum atomic E-state index is -0.498. The Bertz CT molecular complexity index is 1350. The van der Waals surface area contributed by atoms with Gasteiger partial charge in [0.05, 0.1) is 33.1 Å². The minimum Gasteiger partial charge on any atom is -0.485 e. The van der Waals surface area contributed by atoms with Crippen molar-refractivity contribution in [2.24, 2.45) is 10.5 Å². The van der Waals surface area contributed by atoms with Crippen LogP contribution < -0.4 is 10.3 Å². The predicted molar refractivity (Wildman–Crippen MR) is 141 cm³/mol. The van der Waals surface area contributed by atoms with E-state index in [1.54, 1.807) is 18.2 Å². The highest BCUT2D eigenvalue weighted by Crippen LogP contribution is 2.37. The second-order valence-electron chi connectivity index (χ2n) is 10.2. The van der Waals surface area contributed by atoms with Crippen LogP contribution in [0.5, 0.6) is 5.75 Å². The molecule has 1 heterocycles. The molecule has 0 unspecified atom stereocenters. The molecule has 0 fully saturated rings. The van der Waals surface area contributed by atoms with E-state index < -0.39 is 10.3 Å². The number of nitro benzene ring substituents is 1. The van der Waals surface area contributed by atoms with Gasteiger partial charge < -0.3 is 4.74 Å². The average Bonchev–Trinajstić information content (AvgIpc) is 2.70. The molecule has 2 aromatic carbocycles. The number of hydrogen-bond donors (Lipinski definition) is 0. The van der Waals surface area contributed by atoms with E-state index in [0.29, 0.717) is 33.4 Å². The Morgan fingerprint density at radius 1 is 1.15 bits per heavy atom. The molecule has 180 valence electrons. The zero-order valence-corrected chi connectivity index (χ0v) is 23.0. The minimum absolute atomic E-state index is 0.154. The highest BCUT2D eigenvalue weighted by molar-refractivity contribution is 9.10. The van der Waals surface area contributed by atoms with Gasteiger partial charge in [0.25, 0.3) is 5.56 Å². The smallest absolute Gasteiger partial charge is 0.312 e. The summed E-state index contributed by atoms with van der Waals surface area (Å²) in [6, 6.07) is 8.35. The normalized spacial score (nSPS) is 12.5. The van der Waals surface area contributed by atoms with Crippen molar-refractivity contribution in [1.82, 2.24) is 9.66 Å². The second-order valence-corrected chi connectivity index (χ2v) is 11.9. The van der Waals surface area contributed by atoms with Crippen molar-refractivity contribution >= 4 is 54.7 Å². The molecule has 0 amide bonds. The third kappa shape index (κ3) is 5.90. The molecular formula is C24H26Br2N4O4. The van der Waals surface area contributed by atoms with Gasteiger partial charge in [-0.25, -0.2) is 4.98 Å². The third-order valence-corrected chi connectivity index (χ3v) is 5.78. The number of aromatic nitrogens is 2. The van der Waals surface area contributed by atoms with E-state index in [0.717, 1.165) is 4.47 Å². The molecular weight excluding hydrogens is 568 g/mol. The van der Waals surface area contributed by atoms with Crippen molar-refractivity contribution in [1.29, 1.82) is 0 Å². The van der Waals surface area contributed by atoms with Crippen LogP contribution in [-0.4, -0.2) is 27.4 Å². The fourth-order valence-corrected chi connectivity index (χ4v) is 4.05. The van der Waals surface area contributed by atoms with Crippen molar-refractivity contribution < 1.29 is 9.66 Å². The summed E-state index contributed by atoms with van der Waals surface area (Å²) in [6.45, 7) is 12.1. The number of hydrogen-bond acceptors (Lipinski definition) is 6. The first kappa shape index (κ1) is 26.0. The lowest BCUT2D eigenvalue weighted by molar-refractivity contribution is -0.386. The van der Waals surface area contributed by atoms with E-state index in [-0.39, 0.29) is 22.4 Å². The fourth-order valence-electron chi connectivity index (χ4n) is 3.11. The van der Waals surface area contributed by atoms with Gasteiger partial charge in [-0.15, -0.1) is 0 Å². The molecule has 0 saturated heterocycles. The summed E-state index contributed by atoms with van der Waals surface area (Å²) in [7, 11) is 0. The predicted octanol–water partition coefficient (Wildman–Crippen LogP) is 6.43. The van der Waals surface area contributed by atoms with E-state index in [4.69, 9.17) is 4.74 Å². The van der Waals surface area contributed by atoms with Crippen LogP contribution >= 0.6 is 31.9 Å². The quantitative estimate of drug-likeness (QED) is 0.193. The van der Waals surface area contributed by atoms with Crippen LogP contribution in [0.3, 0.4) is 0 Å². The summed E-state index contributed by atoms with van der Waals surface area (Å²) >= 11 is 6.77. The molecule has 8 nitrogen and oxygen atoms in total. The molecule has 0 bridgehead atoms. The first-order valence-corrected chi connectivity index (χ1v) is 12.1. The van der Waals surface area contributed by atoms with Crippen LogP contribution in [0.15, 0.2) is 49.2 Å². The lowest BCUT2D eigenvalue weighted by Gasteiger charge is -2.21. The van der Waals surface area contributed by atoms with Crippen molar-refractivity contribution in [2.45, 2.75) is 47.0 Å². The molecule has 10 heteroatoms. The van der Waals surface area contributed by atoms with Crippen molar-refractivity contribution in [3.05, 3.63) is 71.1 Å². The molecule has 0 saturated carbocycles. The van der Waals surface area contributed by atoms with Gasteiger partial charge in [-0.05, 0) is 45.6 Å². The van der Waals surface area contributed by atoms with Gasteiger partial charge in [-0.2, -0.15) is 9.78 Å². The van der Waals surface area contributed by atoms with Crippen LogP contribution in [-0.2, 0) is 5.41 Å². The maximum absolute atomic E-state index is 13.3. The molecule has 3 aromatic rings. The molecule has 0 aliphatic rings. The third-order valence-electron chi connectivity index (χ3n) is 4.69. The number of ether oxygens (including phenoxy) is 1. The van der Waals surface area contributed by atoms with Crippen LogP contribution in [0.1, 0.15) is 52.9 Å². The van der Waals surface area contributed by atoms with Crippen LogP contribution in [0, 0.1) is 15.5 Å². The molecule has 1 aromatic heterocycles. The largest absolute Gasteiger partial charge is 0.485 e. The highest BCUT2D eigenvalue weighted by atomic mass is 79.9. The number of nitro groups is 1. The Hall–Kier alpha value is -2.59. The molecule has 0 N–H and O–H groups in total. The van der Waals surface area contributed by atoms with Gasteiger partial charge in [0, 0.05) is 21.5 Å². The first-order chi connectivity index (χ1) is 15.7. The number of fused-ring (bicyclic) bond motifs is 1. The zero-order chi connectivity index (χ0) is 25.4. The summed E-state index contributed by atoms with van der Waals surface area (Å²) < 4.78 is 8.18. The van der Waals surface area contributed by atoms with Crippen LogP contribution in [0.4, 0.5) is 5.69 Å². The Balaban J connectivity index is 2.13. The van der Waals surface area contributed by atoms with Gasteiger partial charge in [0.2, 0.25) is 5.75 Å². The molecule has 0 aliphatic carbocycles. The molecule has 3 rings (SSSR count). The highest BCUT2D eigenvalue weighted by Gasteiger charge is 2.24. The lowest BCUT2D eigenvalue weighted by Crippen LogP contribution is -2.29. The van der Waals surface area contributed by atoms with Crippen LogP contribution in [0.25, 0.3) is 10.9 Å². The summed E-state index contributed by atoms with van der Waals surface area (Å²) in [6.07, 6.45) is 1.41. The number of rotatable bonds is 5. The van der Waals surface area contributed by atoms with E-state index in [1.165, 1.54) is 17.0 Å². The monoisotopic (exact) mass is 592 g/mol.